The van der Waals surface area contributed by atoms with Crippen LogP contribution in [0.4, 0.5) is 0 Å². The standard InChI is InChI=1S/C28H31BrN2O/c29-25-13-11-22(12-14-25)21-28(32)30-26-15-18-31(19-16-26)20-17-27(23-7-3-1-4-8-23)24-9-5-2-6-10-24/h1-14,26-27H,15-21H2,(H,30,32). The van der Waals surface area contributed by atoms with Crippen LogP contribution in [-0.4, -0.2) is 36.5 Å². The van der Waals surface area contributed by atoms with E-state index in [1.165, 1.54) is 11.1 Å². The lowest BCUT2D eigenvalue weighted by Gasteiger charge is -2.33. The van der Waals surface area contributed by atoms with E-state index in [1.54, 1.807) is 0 Å². The second-order valence-electron chi connectivity index (χ2n) is 8.65. The minimum atomic E-state index is 0.124. The van der Waals surface area contributed by atoms with E-state index in [0.29, 0.717) is 12.3 Å². The summed E-state index contributed by atoms with van der Waals surface area (Å²) < 4.78 is 1.04. The zero-order valence-electron chi connectivity index (χ0n) is 18.4. The quantitative estimate of drug-likeness (QED) is 0.432. The Balaban J connectivity index is 1.26. The predicted octanol–water partition coefficient (Wildman–Crippen LogP) is 5.79. The van der Waals surface area contributed by atoms with Crippen LogP contribution in [0.15, 0.2) is 89.4 Å². The number of carbonyl (C=O) groups is 1. The predicted molar refractivity (Wildman–Crippen MR) is 135 cm³/mol. The summed E-state index contributed by atoms with van der Waals surface area (Å²) in [7, 11) is 0. The van der Waals surface area contributed by atoms with Gasteiger partial charge in [0.1, 0.15) is 0 Å². The third kappa shape index (κ3) is 6.54. The highest BCUT2D eigenvalue weighted by Gasteiger charge is 2.22. The zero-order chi connectivity index (χ0) is 22.2. The third-order valence-electron chi connectivity index (χ3n) is 6.37. The highest BCUT2D eigenvalue weighted by Crippen LogP contribution is 2.28. The molecule has 3 aromatic rings. The summed E-state index contributed by atoms with van der Waals surface area (Å²) in [6, 6.07) is 29.9. The van der Waals surface area contributed by atoms with Gasteiger partial charge in [0.15, 0.2) is 0 Å². The van der Waals surface area contributed by atoms with Crippen LogP contribution < -0.4 is 5.32 Å². The molecule has 166 valence electrons. The Morgan fingerprint density at radius 1 is 0.875 bits per heavy atom. The van der Waals surface area contributed by atoms with Crippen LogP contribution in [-0.2, 0) is 11.2 Å². The van der Waals surface area contributed by atoms with Crippen molar-refractivity contribution in [3.8, 4) is 0 Å². The van der Waals surface area contributed by atoms with Crippen molar-refractivity contribution in [2.24, 2.45) is 0 Å². The summed E-state index contributed by atoms with van der Waals surface area (Å²) in [6.07, 6.45) is 3.60. The van der Waals surface area contributed by atoms with Gasteiger partial charge in [-0.3, -0.25) is 4.79 Å². The van der Waals surface area contributed by atoms with Gasteiger partial charge < -0.3 is 10.2 Å². The number of halogens is 1. The van der Waals surface area contributed by atoms with Gasteiger partial charge in [0.2, 0.25) is 5.91 Å². The molecule has 4 heteroatoms. The maximum Gasteiger partial charge on any atom is 0.224 e. The molecular formula is C28H31BrN2O. The normalized spacial score (nSPS) is 15.1. The summed E-state index contributed by atoms with van der Waals surface area (Å²) in [4.78, 5) is 15.0. The number of piperidine rings is 1. The lowest BCUT2D eigenvalue weighted by molar-refractivity contribution is -0.121. The topological polar surface area (TPSA) is 32.3 Å². The minimum absolute atomic E-state index is 0.124. The Morgan fingerprint density at radius 3 is 2.00 bits per heavy atom. The number of carbonyl (C=O) groups excluding carboxylic acids is 1. The summed E-state index contributed by atoms with van der Waals surface area (Å²) in [6.45, 7) is 3.16. The molecule has 3 nitrogen and oxygen atoms in total. The molecule has 1 fully saturated rings. The molecule has 0 atom stereocenters. The van der Waals surface area contributed by atoms with Crippen molar-refractivity contribution >= 4 is 21.8 Å². The van der Waals surface area contributed by atoms with E-state index in [1.807, 2.05) is 24.3 Å². The number of hydrogen-bond donors (Lipinski definition) is 1. The average Bonchev–Trinajstić information content (AvgIpc) is 2.83. The highest BCUT2D eigenvalue weighted by atomic mass is 79.9. The molecule has 32 heavy (non-hydrogen) atoms. The number of hydrogen-bond acceptors (Lipinski definition) is 2. The van der Waals surface area contributed by atoms with E-state index in [4.69, 9.17) is 0 Å². The van der Waals surface area contributed by atoms with Crippen LogP contribution in [0.1, 0.15) is 41.9 Å². The number of amides is 1. The average molecular weight is 491 g/mol. The van der Waals surface area contributed by atoms with E-state index < -0.39 is 0 Å². The molecule has 1 amide bonds. The molecule has 0 unspecified atom stereocenters. The van der Waals surface area contributed by atoms with Crippen LogP contribution in [0.25, 0.3) is 0 Å². The molecule has 1 saturated heterocycles. The lowest BCUT2D eigenvalue weighted by Crippen LogP contribution is -2.45. The van der Waals surface area contributed by atoms with E-state index in [0.717, 1.165) is 48.9 Å². The Bertz CT molecular complexity index is 928. The molecule has 3 aromatic carbocycles. The van der Waals surface area contributed by atoms with Crippen molar-refractivity contribution in [1.82, 2.24) is 10.2 Å². The number of nitrogens with one attached hydrogen (secondary N) is 1. The van der Waals surface area contributed by atoms with Gasteiger partial charge in [0, 0.05) is 29.5 Å². The Hall–Kier alpha value is -2.43. The van der Waals surface area contributed by atoms with Crippen molar-refractivity contribution < 1.29 is 4.79 Å². The lowest BCUT2D eigenvalue weighted by atomic mass is 9.88. The largest absolute Gasteiger partial charge is 0.353 e. The zero-order valence-corrected chi connectivity index (χ0v) is 20.0. The summed E-state index contributed by atoms with van der Waals surface area (Å²) in [5.74, 6) is 0.541. The number of rotatable bonds is 8. The first-order valence-corrected chi connectivity index (χ1v) is 12.3. The molecule has 1 N–H and O–H groups in total. The summed E-state index contributed by atoms with van der Waals surface area (Å²) in [5.41, 5.74) is 3.82. The molecular weight excluding hydrogens is 460 g/mol. The van der Waals surface area contributed by atoms with E-state index in [9.17, 15) is 4.79 Å². The van der Waals surface area contributed by atoms with E-state index in [-0.39, 0.29) is 11.9 Å². The first-order chi connectivity index (χ1) is 15.7. The van der Waals surface area contributed by atoms with Gasteiger partial charge in [-0.25, -0.2) is 0 Å². The van der Waals surface area contributed by atoms with Gasteiger partial charge in [-0.15, -0.1) is 0 Å². The number of benzene rings is 3. The summed E-state index contributed by atoms with van der Waals surface area (Å²) >= 11 is 3.44. The van der Waals surface area contributed by atoms with Gasteiger partial charge in [-0.1, -0.05) is 88.7 Å². The van der Waals surface area contributed by atoms with Gasteiger partial charge >= 0.3 is 0 Å². The van der Waals surface area contributed by atoms with Gasteiger partial charge in [0.25, 0.3) is 0 Å². The van der Waals surface area contributed by atoms with E-state index >= 15 is 0 Å². The monoisotopic (exact) mass is 490 g/mol. The maximum atomic E-state index is 12.4. The molecule has 0 radical (unpaired) electrons. The number of likely N-dealkylation sites (tertiary alicyclic amines) is 1. The smallest absolute Gasteiger partial charge is 0.224 e. The van der Waals surface area contributed by atoms with E-state index in [2.05, 4.69) is 86.8 Å². The maximum absolute atomic E-state index is 12.4. The van der Waals surface area contributed by atoms with Gasteiger partial charge in [-0.2, -0.15) is 0 Å². The highest BCUT2D eigenvalue weighted by molar-refractivity contribution is 9.10. The molecule has 1 heterocycles. The molecule has 1 aliphatic heterocycles. The molecule has 0 spiro atoms. The van der Waals surface area contributed by atoms with Crippen LogP contribution in [0.3, 0.4) is 0 Å². The summed E-state index contributed by atoms with van der Waals surface area (Å²) in [5, 5.41) is 3.24. The fourth-order valence-electron chi connectivity index (χ4n) is 4.58. The Kier molecular flexibility index (Phi) is 8.13. The third-order valence-corrected chi connectivity index (χ3v) is 6.90. The molecule has 0 aromatic heterocycles. The SMILES string of the molecule is O=C(Cc1ccc(Br)cc1)NC1CCN(CCC(c2ccccc2)c2ccccc2)CC1. The van der Waals surface area contributed by atoms with Crippen LogP contribution in [0.2, 0.25) is 0 Å². The molecule has 0 saturated carbocycles. The molecule has 0 aliphatic carbocycles. The first-order valence-electron chi connectivity index (χ1n) is 11.5. The first kappa shape index (κ1) is 22.8. The fraction of sp³-hybridized carbons (Fsp3) is 0.321. The molecule has 4 rings (SSSR count). The minimum Gasteiger partial charge on any atom is -0.353 e. The van der Waals surface area contributed by atoms with Crippen molar-refractivity contribution in [3.05, 3.63) is 106 Å². The van der Waals surface area contributed by atoms with Crippen LogP contribution in [0, 0.1) is 0 Å². The van der Waals surface area contributed by atoms with Crippen molar-refractivity contribution in [2.45, 2.75) is 37.6 Å². The van der Waals surface area contributed by atoms with Crippen molar-refractivity contribution in [2.75, 3.05) is 19.6 Å². The molecule has 1 aliphatic rings. The second-order valence-corrected chi connectivity index (χ2v) is 9.56. The van der Waals surface area contributed by atoms with Crippen molar-refractivity contribution in [3.63, 3.8) is 0 Å². The van der Waals surface area contributed by atoms with Gasteiger partial charge in [-0.05, 0) is 54.6 Å². The van der Waals surface area contributed by atoms with Crippen LogP contribution >= 0.6 is 15.9 Å². The second kappa shape index (κ2) is 11.4. The fourth-order valence-corrected chi connectivity index (χ4v) is 4.84. The number of nitrogens with zero attached hydrogens (tertiary/aromatic N) is 1. The molecule has 0 bridgehead atoms. The van der Waals surface area contributed by atoms with Crippen LogP contribution in [0.5, 0.6) is 0 Å². The van der Waals surface area contributed by atoms with Crippen molar-refractivity contribution in [1.29, 1.82) is 0 Å². The Morgan fingerprint density at radius 2 is 1.44 bits per heavy atom. The van der Waals surface area contributed by atoms with Gasteiger partial charge in [0.05, 0.1) is 6.42 Å². The Labute approximate surface area is 200 Å².